The molecule has 152 valence electrons. The summed E-state index contributed by atoms with van der Waals surface area (Å²) in [4.78, 5) is 31.3. The van der Waals surface area contributed by atoms with Crippen molar-refractivity contribution in [2.45, 2.75) is 32.7 Å². The van der Waals surface area contributed by atoms with Crippen LogP contribution in [-0.4, -0.2) is 65.8 Å². The number of piperazine rings is 1. The molecule has 5 nitrogen and oxygen atoms in total. The minimum absolute atomic E-state index is 0.0414. The van der Waals surface area contributed by atoms with Crippen LogP contribution in [0, 0.1) is 18.7 Å². The van der Waals surface area contributed by atoms with Gasteiger partial charge in [-0.2, -0.15) is 0 Å². The second kappa shape index (κ2) is 8.86. The Labute approximate surface area is 166 Å². The molecular weight excluding hydrogens is 357 g/mol. The third kappa shape index (κ3) is 4.43. The van der Waals surface area contributed by atoms with E-state index in [0.717, 1.165) is 51.1 Å². The van der Waals surface area contributed by atoms with Crippen LogP contribution in [0.5, 0.6) is 0 Å². The van der Waals surface area contributed by atoms with E-state index in [1.807, 2.05) is 17.0 Å². The van der Waals surface area contributed by atoms with Crippen molar-refractivity contribution in [1.29, 1.82) is 0 Å². The molecule has 2 saturated heterocycles. The Kier molecular flexibility index (Phi) is 6.50. The molecule has 0 spiro atoms. The van der Waals surface area contributed by atoms with Crippen molar-refractivity contribution < 1.29 is 14.0 Å². The van der Waals surface area contributed by atoms with Crippen LogP contribution < -0.4 is 0 Å². The van der Waals surface area contributed by atoms with E-state index in [-0.39, 0.29) is 29.6 Å². The molecule has 2 fully saturated rings. The first-order valence-corrected chi connectivity index (χ1v) is 10.1. The molecule has 0 N–H and O–H groups in total. The van der Waals surface area contributed by atoms with Gasteiger partial charge in [-0.05, 0) is 37.0 Å². The molecule has 2 heterocycles. The quantitative estimate of drug-likeness (QED) is 0.747. The smallest absolute Gasteiger partial charge is 0.227 e. The Hall–Kier alpha value is -2.21. The third-order valence-electron chi connectivity index (χ3n) is 5.97. The first-order valence-electron chi connectivity index (χ1n) is 10.1. The van der Waals surface area contributed by atoms with E-state index in [1.165, 1.54) is 6.07 Å². The number of nitrogens with zero attached hydrogens (tertiary/aromatic N) is 3. The van der Waals surface area contributed by atoms with Crippen LogP contribution in [0.4, 0.5) is 4.39 Å². The van der Waals surface area contributed by atoms with E-state index in [4.69, 9.17) is 0 Å². The lowest BCUT2D eigenvalue weighted by molar-refractivity contribution is -0.143. The van der Waals surface area contributed by atoms with Crippen molar-refractivity contribution in [2.24, 2.45) is 5.92 Å². The van der Waals surface area contributed by atoms with Crippen molar-refractivity contribution in [2.75, 3.05) is 39.3 Å². The predicted molar refractivity (Wildman–Crippen MR) is 107 cm³/mol. The van der Waals surface area contributed by atoms with Crippen LogP contribution in [0.2, 0.25) is 0 Å². The molecule has 2 aliphatic heterocycles. The largest absolute Gasteiger partial charge is 0.340 e. The maximum absolute atomic E-state index is 13.6. The average Bonchev–Trinajstić information content (AvgIpc) is 2.70. The van der Waals surface area contributed by atoms with Crippen molar-refractivity contribution in [3.05, 3.63) is 47.8 Å². The Morgan fingerprint density at radius 1 is 1.21 bits per heavy atom. The summed E-state index contributed by atoms with van der Waals surface area (Å²) in [6, 6.07) is 4.94. The average molecular weight is 387 g/mol. The second-order valence-corrected chi connectivity index (χ2v) is 7.88. The highest BCUT2D eigenvalue weighted by Gasteiger charge is 2.36. The van der Waals surface area contributed by atoms with E-state index >= 15 is 0 Å². The van der Waals surface area contributed by atoms with E-state index in [9.17, 15) is 14.0 Å². The summed E-state index contributed by atoms with van der Waals surface area (Å²) in [5.74, 6) is -0.288. The standard InChI is InChI=1S/C22H30FN3O2/c1-4-9-24-10-12-25(13-11-24)22(28)19-6-8-21(26(15-19)17(3)27)18-5-7-20(23)16(2)14-18/h4-5,7,14,19,21H,1,6,8-13,15H2,2-3H3. The van der Waals surface area contributed by atoms with Gasteiger partial charge >= 0.3 is 0 Å². The molecule has 0 saturated carbocycles. The van der Waals surface area contributed by atoms with E-state index in [1.54, 1.807) is 24.8 Å². The van der Waals surface area contributed by atoms with Crippen LogP contribution in [0.25, 0.3) is 0 Å². The fourth-order valence-electron chi connectivity index (χ4n) is 4.33. The molecule has 6 heteroatoms. The van der Waals surface area contributed by atoms with Crippen molar-refractivity contribution in [3.8, 4) is 0 Å². The van der Waals surface area contributed by atoms with Gasteiger partial charge in [-0.15, -0.1) is 6.58 Å². The summed E-state index contributed by atoms with van der Waals surface area (Å²) >= 11 is 0. The minimum atomic E-state index is -0.238. The summed E-state index contributed by atoms with van der Waals surface area (Å²) in [5.41, 5.74) is 1.52. The van der Waals surface area contributed by atoms with Gasteiger partial charge in [-0.1, -0.05) is 18.2 Å². The van der Waals surface area contributed by atoms with Gasteiger partial charge in [0.15, 0.2) is 0 Å². The lowest BCUT2D eigenvalue weighted by Gasteiger charge is -2.42. The van der Waals surface area contributed by atoms with Gasteiger partial charge < -0.3 is 9.80 Å². The molecule has 0 aromatic heterocycles. The number of halogens is 1. The van der Waals surface area contributed by atoms with Gasteiger partial charge in [0.25, 0.3) is 0 Å². The summed E-state index contributed by atoms with van der Waals surface area (Å²) in [6.07, 6.45) is 3.36. The molecule has 3 rings (SSSR count). The fraction of sp³-hybridized carbons (Fsp3) is 0.545. The van der Waals surface area contributed by atoms with Gasteiger partial charge in [0.05, 0.1) is 12.0 Å². The van der Waals surface area contributed by atoms with Crippen molar-refractivity contribution in [1.82, 2.24) is 14.7 Å². The summed E-state index contributed by atoms with van der Waals surface area (Å²) < 4.78 is 13.6. The summed E-state index contributed by atoms with van der Waals surface area (Å²) in [5, 5.41) is 0. The molecule has 2 unspecified atom stereocenters. The maximum atomic E-state index is 13.6. The van der Waals surface area contributed by atoms with E-state index < -0.39 is 0 Å². The highest BCUT2D eigenvalue weighted by molar-refractivity contribution is 5.81. The van der Waals surface area contributed by atoms with Crippen LogP contribution in [-0.2, 0) is 9.59 Å². The van der Waals surface area contributed by atoms with Gasteiger partial charge in [-0.25, -0.2) is 4.39 Å². The molecular formula is C22H30FN3O2. The first kappa shape index (κ1) is 20.5. The predicted octanol–water partition coefficient (Wildman–Crippen LogP) is 2.76. The Morgan fingerprint density at radius 3 is 2.54 bits per heavy atom. The summed E-state index contributed by atoms with van der Waals surface area (Å²) in [6.45, 7) is 11.5. The topological polar surface area (TPSA) is 43.9 Å². The zero-order chi connectivity index (χ0) is 20.3. The van der Waals surface area contributed by atoms with Crippen LogP contribution in [0.3, 0.4) is 0 Å². The number of hydrogen-bond donors (Lipinski definition) is 0. The number of carbonyl (C=O) groups excluding carboxylic acids is 2. The molecule has 28 heavy (non-hydrogen) atoms. The third-order valence-corrected chi connectivity index (χ3v) is 5.97. The number of piperidine rings is 1. The van der Waals surface area contributed by atoms with Gasteiger partial charge in [0.1, 0.15) is 5.82 Å². The normalized spacial score (nSPS) is 23.5. The van der Waals surface area contributed by atoms with Gasteiger partial charge in [0, 0.05) is 46.2 Å². The van der Waals surface area contributed by atoms with Crippen LogP contribution in [0.15, 0.2) is 30.9 Å². The maximum Gasteiger partial charge on any atom is 0.227 e. The molecule has 2 atom stereocenters. The van der Waals surface area contributed by atoms with Crippen LogP contribution in [0.1, 0.15) is 36.9 Å². The summed E-state index contributed by atoms with van der Waals surface area (Å²) in [7, 11) is 0. The Morgan fingerprint density at radius 2 is 1.93 bits per heavy atom. The number of likely N-dealkylation sites (tertiary alicyclic amines) is 1. The van der Waals surface area contributed by atoms with E-state index in [0.29, 0.717) is 12.1 Å². The fourth-order valence-corrected chi connectivity index (χ4v) is 4.33. The SMILES string of the molecule is C=CCN1CCN(C(=O)C2CCC(c3ccc(F)c(C)c3)N(C(C)=O)C2)CC1. The number of benzene rings is 1. The van der Waals surface area contributed by atoms with Crippen LogP contribution >= 0.6 is 0 Å². The zero-order valence-corrected chi connectivity index (χ0v) is 16.9. The highest BCUT2D eigenvalue weighted by atomic mass is 19.1. The molecule has 0 aliphatic carbocycles. The van der Waals surface area contributed by atoms with Gasteiger partial charge in [-0.3, -0.25) is 14.5 Å². The number of hydrogen-bond acceptors (Lipinski definition) is 3. The Balaban J connectivity index is 1.67. The molecule has 0 bridgehead atoms. The highest BCUT2D eigenvalue weighted by Crippen LogP contribution is 2.35. The molecule has 2 amide bonds. The molecule has 1 aromatic rings. The van der Waals surface area contributed by atoms with Crippen molar-refractivity contribution >= 4 is 11.8 Å². The number of carbonyl (C=O) groups is 2. The molecule has 1 aromatic carbocycles. The first-order chi connectivity index (χ1) is 13.4. The second-order valence-electron chi connectivity index (χ2n) is 7.88. The molecule has 2 aliphatic rings. The lowest BCUT2D eigenvalue weighted by Crippen LogP contribution is -2.53. The minimum Gasteiger partial charge on any atom is -0.340 e. The number of rotatable bonds is 4. The van der Waals surface area contributed by atoms with Crippen molar-refractivity contribution in [3.63, 3.8) is 0 Å². The number of aryl methyl sites for hydroxylation is 1. The monoisotopic (exact) mass is 387 g/mol. The van der Waals surface area contributed by atoms with Gasteiger partial charge in [0.2, 0.25) is 11.8 Å². The molecule has 0 radical (unpaired) electrons. The number of amides is 2. The Bertz CT molecular complexity index is 743. The van der Waals surface area contributed by atoms with E-state index in [2.05, 4.69) is 11.5 Å². The zero-order valence-electron chi connectivity index (χ0n) is 16.9. The lowest BCUT2D eigenvalue weighted by atomic mass is 9.87.